The van der Waals surface area contributed by atoms with Crippen LogP contribution in [0.1, 0.15) is 11.3 Å². The predicted octanol–water partition coefficient (Wildman–Crippen LogP) is 4.14. The van der Waals surface area contributed by atoms with Gasteiger partial charge in [-0.2, -0.15) is 0 Å². The van der Waals surface area contributed by atoms with Gasteiger partial charge >= 0.3 is 0 Å². The van der Waals surface area contributed by atoms with Crippen LogP contribution in [0.3, 0.4) is 0 Å². The summed E-state index contributed by atoms with van der Waals surface area (Å²) in [5, 5.41) is 0. The van der Waals surface area contributed by atoms with Crippen molar-refractivity contribution >= 4 is 0 Å². The Balaban J connectivity index is 1.71. The zero-order chi connectivity index (χ0) is 20.1. The fourth-order valence-electron chi connectivity index (χ4n) is 2.98. The van der Waals surface area contributed by atoms with E-state index in [-0.39, 0.29) is 5.82 Å². The van der Waals surface area contributed by atoms with Gasteiger partial charge < -0.3 is 18.6 Å². The summed E-state index contributed by atoms with van der Waals surface area (Å²) in [6.45, 7) is 1.23. The standard InChI is InChI=1S/C21H23FN2O4/c1-24(11-14-9-18(25-2)20(27-4)19(10-14)26-3)12-17-13-28-21(23-17)15-5-7-16(22)8-6-15/h5-10,13H,11-12H2,1-4H3. The molecule has 6 nitrogen and oxygen atoms in total. The smallest absolute Gasteiger partial charge is 0.226 e. The second-order valence-corrected chi connectivity index (χ2v) is 6.36. The predicted molar refractivity (Wildman–Crippen MR) is 103 cm³/mol. The molecule has 0 saturated heterocycles. The molecule has 7 heteroatoms. The van der Waals surface area contributed by atoms with E-state index < -0.39 is 0 Å². The molecule has 0 fully saturated rings. The SMILES string of the molecule is COc1cc(CN(C)Cc2coc(-c3ccc(F)cc3)n2)cc(OC)c1OC. The molecule has 0 aliphatic rings. The number of benzene rings is 2. The molecule has 0 amide bonds. The first-order valence-corrected chi connectivity index (χ1v) is 8.71. The van der Waals surface area contributed by atoms with E-state index in [2.05, 4.69) is 9.88 Å². The van der Waals surface area contributed by atoms with Gasteiger partial charge in [0.05, 0.1) is 27.0 Å². The van der Waals surface area contributed by atoms with Crippen molar-refractivity contribution in [2.75, 3.05) is 28.4 Å². The van der Waals surface area contributed by atoms with Crippen LogP contribution in [0.25, 0.3) is 11.5 Å². The summed E-state index contributed by atoms with van der Waals surface area (Å²) >= 11 is 0. The Bertz CT molecular complexity index is 899. The number of hydrogen-bond acceptors (Lipinski definition) is 6. The van der Waals surface area contributed by atoms with Gasteiger partial charge in [0.15, 0.2) is 11.5 Å². The molecule has 0 spiro atoms. The van der Waals surface area contributed by atoms with E-state index in [1.165, 1.54) is 12.1 Å². The van der Waals surface area contributed by atoms with E-state index in [0.29, 0.717) is 36.2 Å². The average molecular weight is 386 g/mol. The summed E-state index contributed by atoms with van der Waals surface area (Å²) in [5.41, 5.74) is 2.54. The molecule has 0 radical (unpaired) electrons. The Morgan fingerprint density at radius 1 is 0.964 bits per heavy atom. The molecule has 28 heavy (non-hydrogen) atoms. The van der Waals surface area contributed by atoms with Crippen molar-refractivity contribution in [3.8, 4) is 28.7 Å². The highest BCUT2D eigenvalue weighted by Gasteiger charge is 2.15. The Morgan fingerprint density at radius 3 is 2.18 bits per heavy atom. The molecule has 0 saturated carbocycles. The van der Waals surface area contributed by atoms with Crippen LogP contribution in [0.2, 0.25) is 0 Å². The molecule has 0 N–H and O–H groups in total. The minimum Gasteiger partial charge on any atom is -0.493 e. The van der Waals surface area contributed by atoms with Crippen LogP contribution in [0.4, 0.5) is 4.39 Å². The lowest BCUT2D eigenvalue weighted by molar-refractivity contribution is 0.306. The van der Waals surface area contributed by atoms with Crippen LogP contribution in [0, 0.1) is 5.82 Å². The lowest BCUT2D eigenvalue weighted by Crippen LogP contribution is -2.17. The Hall–Kier alpha value is -3.06. The lowest BCUT2D eigenvalue weighted by Gasteiger charge is -2.18. The van der Waals surface area contributed by atoms with E-state index >= 15 is 0 Å². The molecule has 0 aliphatic carbocycles. The third-order valence-electron chi connectivity index (χ3n) is 4.25. The maximum absolute atomic E-state index is 13.1. The molecule has 1 heterocycles. The fourth-order valence-corrected chi connectivity index (χ4v) is 2.98. The number of hydrogen-bond donors (Lipinski definition) is 0. The summed E-state index contributed by atoms with van der Waals surface area (Å²) in [6, 6.07) is 9.90. The van der Waals surface area contributed by atoms with Crippen molar-refractivity contribution in [3.05, 3.63) is 59.7 Å². The van der Waals surface area contributed by atoms with Gasteiger partial charge in [-0.15, -0.1) is 0 Å². The molecule has 3 aromatic rings. The first kappa shape index (κ1) is 19.7. The Labute approximate surface area is 163 Å². The van der Waals surface area contributed by atoms with Crippen LogP contribution in [0.5, 0.6) is 17.2 Å². The molecule has 0 unspecified atom stereocenters. The number of aromatic nitrogens is 1. The molecule has 1 aromatic heterocycles. The zero-order valence-electron chi connectivity index (χ0n) is 16.4. The minimum absolute atomic E-state index is 0.291. The Kier molecular flexibility index (Phi) is 6.16. The summed E-state index contributed by atoms with van der Waals surface area (Å²) in [5.74, 6) is 1.98. The third kappa shape index (κ3) is 4.43. The first-order chi connectivity index (χ1) is 13.5. The largest absolute Gasteiger partial charge is 0.493 e. The number of rotatable bonds is 8. The number of methoxy groups -OCH3 is 3. The van der Waals surface area contributed by atoms with Crippen LogP contribution >= 0.6 is 0 Å². The van der Waals surface area contributed by atoms with Crippen LogP contribution in [-0.4, -0.2) is 38.3 Å². The van der Waals surface area contributed by atoms with Crippen LogP contribution in [-0.2, 0) is 13.1 Å². The van der Waals surface area contributed by atoms with Gasteiger partial charge in [-0.25, -0.2) is 9.37 Å². The number of oxazole rings is 1. The Morgan fingerprint density at radius 2 is 1.61 bits per heavy atom. The van der Waals surface area contributed by atoms with Gasteiger partial charge in [0, 0.05) is 18.7 Å². The van der Waals surface area contributed by atoms with E-state index in [4.69, 9.17) is 18.6 Å². The highest BCUT2D eigenvalue weighted by molar-refractivity contribution is 5.54. The molecule has 0 atom stereocenters. The summed E-state index contributed by atoms with van der Waals surface area (Å²) in [7, 11) is 6.75. The van der Waals surface area contributed by atoms with Crippen LogP contribution < -0.4 is 14.2 Å². The number of ether oxygens (including phenoxy) is 3. The average Bonchev–Trinajstić information content (AvgIpc) is 3.15. The molecular weight excluding hydrogens is 363 g/mol. The normalized spacial score (nSPS) is 10.9. The highest BCUT2D eigenvalue weighted by Crippen LogP contribution is 2.38. The zero-order valence-corrected chi connectivity index (χ0v) is 16.4. The van der Waals surface area contributed by atoms with E-state index in [1.807, 2.05) is 19.2 Å². The molecular formula is C21H23FN2O4. The van der Waals surface area contributed by atoms with Crippen LogP contribution in [0.15, 0.2) is 47.1 Å². The quantitative estimate of drug-likeness (QED) is 0.580. The number of halogens is 1. The summed E-state index contributed by atoms with van der Waals surface area (Å²) in [6.07, 6.45) is 1.62. The fraction of sp³-hybridized carbons (Fsp3) is 0.286. The van der Waals surface area contributed by atoms with E-state index in [1.54, 1.807) is 39.7 Å². The topological polar surface area (TPSA) is 57.0 Å². The van der Waals surface area contributed by atoms with E-state index in [0.717, 1.165) is 16.8 Å². The van der Waals surface area contributed by atoms with Crippen molar-refractivity contribution in [1.82, 2.24) is 9.88 Å². The van der Waals surface area contributed by atoms with E-state index in [9.17, 15) is 4.39 Å². The second kappa shape index (κ2) is 8.75. The molecule has 2 aromatic carbocycles. The maximum Gasteiger partial charge on any atom is 0.226 e. The summed E-state index contributed by atoms with van der Waals surface area (Å²) < 4.78 is 34.7. The van der Waals surface area contributed by atoms with Gasteiger partial charge in [-0.3, -0.25) is 4.90 Å². The van der Waals surface area contributed by atoms with Crippen molar-refractivity contribution < 1.29 is 23.0 Å². The maximum atomic E-state index is 13.1. The highest BCUT2D eigenvalue weighted by atomic mass is 19.1. The molecule has 0 bridgehead atoms. The van der Waals surface area contributed by atoms with Gasteiger partial charge in [-0.05, 0) is 49.0 Å². The molecule has 148 valence electrons. The molecule has 0 aliphatic heterocycles. The first-order valence-electron chi connectivity index (χ1n) is 8.71. The summed E-state index contributed by atoms with van der Waals surface area (Å²) in [4.78, 5) is 6.58. The van der Waals surface area contributed by atoms with Crippen molar-refractivity contribution in [1.29, 1.82) is 0 Å². The van der Waals surface area contributed by atoms with Gasteiger partial charge in [0.25, 0.3) is 0 Å². The minimum atomic E-state index is -0.291. The lowest BCUT2D eigenvalue weighted by atomic mass is 10.1. The van der Waals surface area contributed by atoms with Gasteiger partial charge in [-0.1, -0.05) is 0 Å². The van der Waals surface area contributed by atoms with Gasteiger partial charge in [0.1, 0.15) is 12.1 Å². The third-order valence-corrected chi connectivity index (χ3v) is 4.25. The van der Waals surface area contributed by atoms with Crippen molar-refractivity contribution in [3.63, 3.8) is 0 Å². The second-order valence-electron chi connectivity index (χ2n) is 6.36. The van der Waals surface area contributed by atoms with Crippen molar-refractivity contribution in [2.24, 2.45) is 0 Å². The molecule has 3 rings (SSSR count). The number of nitrogens with zero attached hydrogens (tertiary/aromatic N) is 2. The van der Waals surface area contributed by atoms with Crippen molar-refractivity contribution in [2.45, 2.75) is 13.1 Å². The van der Waals surface area contributed by atoms with Gasteiger partial charge in [0.2, 0.25) is 11.6 Å². The monoisotopic (exact) mass is 386 g/mol.